The molecule has 4 nitrogen and oxygen atoms in total. The highest BCUT2D eigenvalue weighted by Gasteiger charge is 2.05. The van der Waals surface area contributed by atoms with Crippen molar-refractivity contribution in [2.45, 2.75) is 6.92 Å². The minimum absolute atomic E-state index is 0.185. The van der Waals surface area contributed by atoms with Crippen LogP contribution in [0.1, 0.15) is 22.8 Å². The van der Waals surface area contributed by atoms with Gasteiger partial charge in [0.2, 0.25) is 0 Å². The highest BCUT2D eigenvalue weighted by atomic mass is 35.5. The Hall–Kier alpha value is -2.33. The van der Waals surface area contributed by atoms with Crippen LogP contribution in [-0.4, -0.2) is 16.7 Å². The molecule has 0 atom stereocenters. The number of phenols is 1. The molecule has 2 rings (SSSR count). The van der Waals surface area contributed by atoms with Crippen LogP contribution in [0, 0.1) is 0 Å². The van der Waals surface area contributed by atoms with Gasteiger partial charge in [0.15, 0.2) is 0 Å². The molecule has 2 aromatic rings. The van der Waals surface area contributed by atoms with Crippen molar-refractivity contribution in [2.75, 3.05) is 0 Å². The van der Waals surface area contributed by atoms with Gasteiger partial charge in [0.05, 0.1) is 5.71 Å². The Kier molecular flexibility index (Phi) is 4.38. The summed E-state index contributed by atoms with van der Waals surface area (Å²) >= 11 is 5.82. The zero-order chi connectivity index (χ0) is 14.5. The Morgan fingerprint density at radius 2 is 1.85 bits per heavy atom. The lowest BCUT2D eigenvalue weighted by atomic mass is 10.1. The van der Waals surface area contributed by atoms with Crippen LogP contribution >= 0.6 is 11.6 Å². The molecule has 0 radical (unpaired) electrons. The van der Waals surface area contributed by atoms with Crippen LogP contribution in [0.4, 0.5) is 0 Å². The second kappa shape index (κ2) is 6.21. The van der Waals surface area contributed by atoms with Crippen LogP contribution in [0.25, 0.3) is 0 Å². The normalized spacial score (nSPS) is 11.2. The number of hydrazone groups is 1. The number of benzene rings is 2. The SMILES string of the molecule is C/C(=N\NC(=O)c1cccc(Cl)c1)c1ccc(O)cc1. The summed E-state index contributed by atoms with van der Waals surface area (Å²) in [6.45, 7) is 1.77. The second-order valence-corrected chi connectivity index (χ2v) is 4.63. The van der Waals surface area contributed by atoms with Gasteiger partial charge in [-0.15, -0.1) is 0 Å². The number of carbonyl (C=O) groups excluding carboxylic acids is 1. The van der Waals surface area contributed by atoms with Gasteiger partial charge in [0.1, 0.15) is 5.75 Å². The maximum Gasteiger partial charge on any atom is 0.271 e. The second-order valence-electron chi connectivity index (χ2n) is 4.20. The lowest BCUT2D eigenvalue weighted by Crippen LogP contribution is -2.19. The van der Waals surface area contributed by atoms with Gasteiger partial charge in [-0.2, -0.15) is 5.10 Å². The number of nitrogens with one attached hydrogen (secondary N) is 1. The number of rotatable bonds is 3. The van der Waals surface area contributed by atoms with Crippen LogP contribution in [0.3, 0.4) is 0 Å². The van der Waals surface area contributed by atoms with E-state index in [2.05, 4.69) is 10.5 Å². The standard InChI is InChI=1S/C15H13ClN2O2/c1-10(11-5-7-14(19)8-6-11)17-18-15(20)12-3-2-4-13(16)9-12/h2-9,19H,1H3,(H,18,20)/b17-10+. The van der Waals surface area contributed by atoms with E-state index in [4.69, 9.17) is 11.6 Å². The van der Waals surface area contributed by atoms with Gasteiger partial charge in [-0.3, -0.25) is 4.79 Å². The zero-order valence-corrected chi connectivity index (χ0v) is 11.6. The molecule has 0 saturated carbocycles. The predicted molar refractivity (Wildman–Crippen MR) is 79.2 cm³/mol. The first-order chi connectivity index (χ1) is 9.56. The van der Waals surface area contributed by atoms with E-state index in [1.165, 1.54) is 0 Å². The number of carbonyl (C=O) groups is 1. The fourth-order valence-electron chi connectivity index (χ4n) is 1.60. The van der Waals surface area contributed by atoms with Gasteiger partial charge < -0.3 is 5.11 Å². The molecule has 2 aromatic carbocycles. The summed E-state index contributed by atoms with van der Waals surface area (Å²) in [7, 11) is 0. The van der Waals surface area contributed by atoms with Crippen molar-refractivity contribution in [2.24, 2.45) is 5.10 Å². The van der Waals surface area contributed by atoms with Crippen molar-refractivity contribution in [1.29, 1.82) is 0 Å². The lowest BCUT2D eigenvalue weighted by molar-refractivity contribution is 0.0955. The molecule has 0 unspecified atom stereocenters. The first-order valence-electron chi connectivity index (χ1n) is 5.96. The highest BCUT2D eigenvalue weighted by molar-refractivity contribution is 6.30. The molecule has 0 heterocycles. The molecule has 0 aromatic heterocycles. The number of halogens is 1. The molecule has 0 aliphatic rings. The average molecular weight is 289 g/mol. The highest BCUT2D eigenvalue weighted by Crippen LogP contribution is 2.11. The zero-order valence-electron chi connectivity index (χ0n) is 10.8. The van der Waals surface area contributed by atoms with Crippen LogP contribution < -0.4 is 5.43 Å². The molecular formula is C15H13ClN2O2. The fourth-order valence-corrected chi connectivity index (χ4v) is 1.79. The van der Waals surface area contributed by atoms with Gasteiger partial charge in [-0.25, -0.2) is 5.43 Å². The Labute approximate surface area is 121 Å². The van der Waals surface area contributed by atoms with Gasteiger partial charge in [0, 0.05) is 10.6 Å². The maximum absolute atomic E-state index is 11.9. The number of aromatic hydroxyl groups is 1. The maximum atomic E-state index is 11.9. The molecule has 0 spiro atoms. The minimum atomic E-state index is -0.328. The van der Waals surface area contributed by atoms with Crippen molar-refractivity contribution in [1.82, 2.24) is 5.43 Å². The summed E-state index contributed by atoms with van der Waals surface area (Å²) in [6, 6.07) is 13.2. The molecule has 0 fully saturated rings. The Morgan fingerprint density at radius 3 is 2.50 bits per heavy atom. The minimum Gasteiger partial charge on any atom is -0.508 e. The Morgan fingerprint density at radius 1 is 1.15 bits per heavy atom. The largest absolute Gasteiger partial charge is 0.508 e. The van der Waals surface area contributed by atoms with Crippen molar-refractivity contribution in [3.63, 3.8) is 0 Å². The molecule has 0 aliphatic heterocycles. The number of phenolic OH excluding ortho intramolecular Hbond substituents is 1. The summed E-state index contributed by atoms with van der Waals surface area (Å²) < 4.78 is 0. The Bertz CT molecular complexity index is 651. The molecule has 1 amide bonds. The molecule has 0 bridgehead atoms. The van der Waals surface area contributed by atoms with E-state index in [0.717, 1.165) is 5.56 Å². The van der Waals surface area contributed by atoms with Gasteiger partial charge in [-0.05, 0) is 55.0 Å². The van der Waals surface area contributed by atoms with Crippen LogP contribution in [0.15, 0.2) is 53.6 Å². The van der Waals surface area contributed by atoms with E-state index in [-0.39, 0.29) is 11.7 Å². The van der Waals surface area contributed by atoms with Crippen molar-refractivity contribution < 1.29 is 9.90 Å². The van der Waals surface area contributed by atoms with Gasteiger partial charge in [-0.1, -0.05) is 17.7 Å². The summed E-state index contributed by atoms with van der Waals surface area (Å²) in [4.78, 5) is 11.9. The first-order valence-corrected chi connectivity index (χ1v) is 6.33. The van der Waals surface area contributed by atoms with E-state index in [1.807, 2.05) is 0 Å². The lowest BCUT2D eigenvalue weighted by Gasteiger charge is -2.03. The van der Waals surface area contributed by atoms with Crippen molar-refractivity contribution in [3.05, 3.63) is 64.7 Å². The number of amides is 1. The first kappa shape index (κ1) is 14.1. The smallest absolute Gasteiger partial charge is 0.271 e. The third kappa shape index (κ3) is 3.59. The Balaban J connectivity index is 2.08. The number of hydrogen-bond donors (Lipinski definition) is 2. The summed E-state index contributed by atoms with van der Waals surface area (Å²) in [6.07, 6.45) is 0. The third-order valence-electron chi connectivity index (χ3n) is 2.70. The molecule has 0 aliphatic carbocycles. The fraction of sp³-hybridized carbons (Fsp3) is 0.0667. The van der Waals surface area contributed by atoms with Crippen molar-refractivity contribution >= 4 is 23.2 Å². The van der Waals surface area contributed by atoms with E-state index >= 15 is 0 Å². The van der Waals surface area contributed by atoms with Gasteiger partial charge in [0.25, 0.3) is 5.91 Å². The van der Waals surface area contributed by atoms with E-state index in [9.17, 15) is 9.90 Å². The topological polar surface area (TPSA) is 61.7 Å². The summed E-state index contributed by atoms with van der Waals surface area (Å²) in [5, 5.41) is 13.7. The number of nitrogens with zero attached hydrogens (tertiary/aromatic N) is 1. The molecular weight excluding hydrogens is 276 g/mol. The third-order valence-corrected chi connectivity index (χ3v) is 2.93. The molecule has 0 saturated heterocycles. The summed E-state index contributed by atoms with van der Waals surface area (Å²) in [5.74, 6) is -0.143. The van der Waals surface area contributed by atoms with E-state index in [0.29, 0.717) is 16.3 Å². The average Bonchev–Trinajstić information content (AvgIpc) is 2.45. The van der Waals surface area contributed by atoms with Crippen LogP contribution in [0.2, 0.25) is 5.02 Å². The summed E-state index contributed by atoms with van der Waals surface area (Å²) in [5.41, 5.74) is 4.36. The predicted octanol–water partition coefficient (Wildman–Crippen LogP) is 3.20. The van der Waals surface area contributed by atoms with Crippen LogP contribution in [-0.2, 0) is 0 Å². The van der Waals surface area contributed by atoms with Crippen molar-refractivity contribution in [3.8, 4) is 5.75 Å². The molecule has 20 heavy (non-hydrogen) atoms. The van der Waals surface area contributed by atoms with E-state index in [1.54, 1.807) is 55.5 Å². The number of hydrogen-bond acceptors (Lipinski definition) is 3. The molecule has 102 valence electrons. The van der Waals surface area contributed by atoms with Crippen LogP contribution in [0.5, 0.6) is 5.75 Å². The molecule has 5 heteroatoms. The van der Waals surface area contributed by atoms with E-state index < -0.39 is 0 Å². The van der Waals surface area contributed by atoms with Gasteiger partial charge >= 0.3 is 0 Å². The molecule has 2 N–H and O–H groups in total. The quantitative estimate of drug-likeness (QED) is 0.673. The monoisotopic (exact) mass is 288 g/mol.